The van der Waals surface area contributed by atoms with Crippen molar-refractivity contribution in [3.8, 4) is 11.8 Å². The van der Waals surface area contributed by atoms with Crippen LogP contribution in [0.1, 0.15) is 22.8 Å². The van der Waals surface area contributed by atoms with Crippen LogP contribution in [-0.2, 0) is 4.79 Å². The number of H-pyrrole nitrogens is 1. The van der Waals surface area contributed by atoms with E-state index in [0.29, 0.717) is 11.3 Å². The van der Waals surface area contributed by atoms with Gasteiger partial charge in [0, 0.05) is 35.2 Å². The van der Waals surface area contributed by atoms with Crippen LogP contribution in [0.5, 0.6) is 0 Å². The number of rotatable bonds is 2. The fourth-order valence-electron chi connectivity index (χ4n) is 1.59. The second kappa shape index (κ2) is 5.56. The predicted octanol–water partition coefficient (Wildman–Crippen LogP) is 2.61. The highest BCUT2D eigenvalue weighted by Crippen LogP contribution is 2.18. The molecule has 0 amide bonds. The second-order valence-corrected chi connectivity index (χ2v) is 4.86. The molecule has 1 N–H and O–H groups in total. The third-order valence-electron chi connectivity index (χ3n) is 2.42. The fourth-order valence-corrected chi connectivity index (χ4v) is 1.94. The standard InChI is InChI=1S/C14H11NO2S/c1-10(17)18-6-2-3-11-4-5-14-13(7-11)12(9-16)8-15-14/h4-5,7-9,15H,6H2,1H3. The number of hydrogen-bond acceptors (Lipinski definition) is 3. The van der Waals surface area contributed by atoms with Gasteiger partial charge in [0.1, 0.15) is 0 Å². The Morgan fingerprint density at radius 3 is 3.06 bits per heavy atom. The Morgan fingerprint density at radius 1 is 1.50 bits per heavy atom. The summed E-state index contributed by atoms with van der Waals surface area (Å²) in [5, 5.41) is 0.935. The van der Waals surface area contributed by atoms with E-state index < -0.39 is 0 Å². The number of carbonyl (C=O) groups excluding carboxylic acids is 2. The first kappa shape index (κ1) is 12.5. The van der Waals surface area contributed by atoms with E-state index in [-0.39, 0.29) is 5.12 Å². The second-order valence-electron chi connectivity index (χ2n) is 3.70. The lowest BCUT2D eigenvalue weighted by molar-refractivity contribution is -0.109. The molecule has 1 aromatic carbocycles. The van der Waals surface area contributed by atoms with Crippen molar-refractivity contribution < 1.29 is 9.59 Å². The number of fused-ring (bicyclic) bond motifs is 1. The minimum Gasteiger partial charge on any atom is -0.360 e. The van der Waals surface area contributed by atoms with E-state index in [9.17, 15) is 9.59 Å². The minimum absolute atomic E-state index is 0.0635. The largest absolute Gasteiger partial charge is 0.360 e. The SMILES string of the molecule is CC(=O)SCC#Cc1ccc2[nH]cc(C=O)c2c1. The maximum absolute atomic E-state index is 10.8. The number of aldehydes is 1. The van der Waals surface area contributed by atoms with Crippen molar-refractivity contribution in [2.75, 3.05) is 5.75 Å². The molecule has 2 rings (SSSR count). The molecule has 0 saturated carbocycles. The van der Waals surface area contributed by atoms with Crippen molar-refractivity contribution in [2.24, 2.45) is 0 Å². The topological polar surface area (TPSA) is 49.9 Å². The van der Waals surface area contributed by atoms with Gasteiger partial charge in [-0.25, -0.2) is 0 Å². The zero-order valence-electron chi connectivity index (χ0n) is 9.82. The van der Waals surface area contributed by atoms with Gasteiger partial charge in [-0.2, -0.15) is 0 Å². The normalized spacial score (nSPS) is 9.83. The first-order valence-corrected chi connectivity index (χ1v) is 6.38. The van der Waals surface area contributed by atoms with Crippen LogP contribution in [0.3, 0.4) is 0 Å². The minimum atomic E-state index is 0.0635. The maximum Gasteiger partial charge on any atom is 0.186 e. The lowest BCUT2D eigenvalue weighted by Crippen LogP contribution is -1.82. The molecule has 18 heavy (non-hydrogen) atoms. The number of carbonyl (C=O) groups is 2. The highest BCUT2D eigenvalue weighted by molar-refractivity contribution is 8.13. The van der Waals surface area contributed by atoms with Gasteiger partial charge in [0.2, 0.25) is 0 Å². The molecule has 1 aromatic heterocycles. The van der Waals surface area contributed by atoms with E-state index in [1.807, 2.05) is 18.2 Å². The molecule has 4 heteroatoms. The maximum atomic E-state index is 10.8. The van der Waals surface area contributed by atoms with Crippen LogP contribution in [0.4, 0.5) is 0 Å². The molecule has 0 saturated heterocycles. The van der Waals surface area contributed by atoms with E-state index in [4.69, 9.17) is 0 Å². The monoisotopic (exact) mass is 257 g/mol. The quantitative estimate of drug-likeness (QED) is 0.664. The number of nitrogens with one attached hydrogen (secondary N) is 1. The molecule has 2 aromatic rings. The molecule has 0 aliphatic carbocycles. The molecule has 0 atom stereocenters. The van der Waals surface area contributed by atoms with Crippen LogP contribution in [0.2, 0.25) is 0 Å². The van der Waals surface area contributed by atoms with Gasteiger partial charge in [-0.15, -0.1) is 0 Å². The molecule has 1 heterocycles. The van der Waals surface area contributed by atoms with Gasteiger partial charge in [-0.3, -0.25) is 9.59 Å². The van der Waals surface area contributed by atoms with Crippen molar-refractivity contribution >= 4 is 34.1 Å². The van der Waals surface area contributed by atoms with Crippen molar-refractivity contribution in [3.05, 3.63) is 35.5 Å². The van der Waals surface area contributed by atoms with Gasteiger partial charge in [-0.05, 0) is 18.2 Å². The Labute approximate surface area is 109 Å². The third-order valence-corrected chi connectivity index (χ3v) is 3.12. The highest BCUT2D eigenvalue weighted by atomic mass is 32.2. The van der Waals surface area contributed by atoms with Crippen LogP contribution in [0, 0.1) is 11.8 Å². The molecule has 0 radical (unpaired) electrons. The van der Waals surface area contributed by atoms with Crippen LogP contribution >= 0.6 is 11.8 Å². The summed E-state index contributed by atoms with van der Waals surface area (Å²) in [5.41, 5.74) is 2.39. The molecular formula is C14H11NO2S. The predicted molar refractivity (Wildman–Crippen MR) is 73.7 cm³/mol. The third kappa shape index (κ3) is 2.82. The molecular weight excluding hydrogens is 246 g/mol. The fraction of sp³-hybridized carbons (Fsp3) is 0.143. The first-order valence-electron chi connectivity index (χ1n) is 5.39. The Kier molecular flexibility index (Phi) is 3.85. The Bertz CT molecular complexity index is 661. The summed E-state index contributed by atoms with van der Waals surface area (Å²) in [6.07, 6.45) is 2.50. The van der Waals surface area contributed by atoms with E-state index in [1.54, 1.807) is 6.20 Å². The van der Waals surface area contributed by atoms with Crippen LogP contribution < -0.4 is 0 Å². The summed E-state index contributed by atoms with van der Waals surface area (Å²) >= 11 is 1.19. The summed E-state index contributed by atoms with van der Waals surface area (Å²) in [6, 6.07) is 5.66. The van der Waals surface area contributed by atoms with E-state index >= 15 is 0 Å². The highest BCUT2D eigenvalue weighted by Gasteiger charge is 2.02. The van der Waals surface area contributed by atoms with Crippen molar-refractivity contribution in [3.63, 3.8) is 0 Å². The van der Waals surface area contributed by atoms with Gasteiger partial charge in [0.25, 0.3) is 0 Å². The number of aromatic amines is 1. The number of aromatic nitrogens is 1. The van der Waals surface area contributed by atoms with Gasteiger partial charge in [0.15, 0.2) is 11.4 Å². The average molecular weight is 257 g/mol. The smallest absolute Gasteiger partial charge is 0.186 e. The van der Waals surface area contributed by atoms with E-state index in [2.05, 4.69) is 16.8 Å². The molecule has 0 fully saturated rings. The van der Waals surface area contributed by atoms with Crippen molar-refractivity contribution in [1.82, 2.24) is 4.98 Å². The molecule has 90 valence electrons. The van der Waals surface area contributed by atoms with Crippen LogP contribution in [0.25, 0.3) is 10.9 Å². The summed E-state index contributed by atoms with van der Waals surface area (Å²) in [4.78, 5) is 24.6. The summed E-state index contributed by atoms with van der Waals surface area (Å²) in [6.45, 7) is 1.52. The van der Waals surface area contributed by atoms with Crippen LogP contribution in [-0.4, -0.2) is 22.1 Å². The number of hydrogen-bond donors (Lipinski definition) is 1. The summed E-state index contributed by atoms with van der Waals surface area (Å²) < 4.78 is 0. The number of thioether (sulfide) groups is 1. The molecule has 0 aliphatic heterocycles. The molecule has 0 aliphatic rings. The lowest BCUT2D eigenvalue weighted by Gasteiger charge is -1.93. The molecule has 0 spiro atoms. The molecule has 0 unspecified atom stereocenters. The van der Waals surface area contributed by atoms with Crippen LogP contribution in [0.15, 0.2) is 24.4 Å². The van der Waals surface area contributed by atoms with Gasteiger partial charge in [-0.1, -0.05) is 23.6 Å². The Balaban J connectivity index is 2.23. The zero-order valence-corrected chi connectivity index (χ0v) is 10.6. The zero-order chi connectivity index (χ0) is 13.0. The molecule has 0 bridgehead atoms. The summed E-state index contributed by atoms with van der Waals surface area (Å²) in [5.74, 6) is 6.39. The average Bonchev–Trinajstić information content (AvgIpc) is 2.76. The lowest BCUT2D eigenvalue weighted by atomic mass is 10.1. The Hall–Kier alpha value is -1.99. The Morgan fingerprint density at radius 2 is 2.33 bits per heavy atom. The molecule has 3 nitrogen and oxygen atoms in total. The van der Waals surface area contributed by atoms with E-state index in [0.717, 1.165) is 22.8 Å². The van der Waals surface area contributed by atoms with Gasteiger partial charge >= 0.3 is 0 Å². The van der Waals surface area contributed by atoms with Gasteiger partial charge < -0.3 is 4.98 Å². The van der Waals surface area contributed by atoms with E-state index in [1.165, 1.54) is 18.7 Å². The van der Waals surface area contributed by atoms with Crippen molar-refractivity contribution in [2.45, 2.75) is 6.92 Å². The first-order chi connectivity index (χ1) is 8.70. The van der Waals surface area contributed by atoms with Crippen molar-refractivity contribution in [1.29, 1.82) is 0 Å². The summed E-state index contributed by atoms with van der Waals surface area (Å²) in [7, 11) is 0. The number of benzene rings is 1. The van der Waals surface area contributed by atoms with Gasteiger partial charge in [0.05, 0.1) is 5.75 Å².